The fourth-order valence-corrected chi connectivity index (χ4v) is 4.58. The number of carbonyl (C=O) groups excluding carboxylic acids is 2. The normalized spacial score (nSPS) is 17.3. The zero-order valence-electron chi connectivity index (χ0n) is 22.0. The number of hydrogen-bond acceptors (Lipinski definition) is 5. The Balaban J connectivity index is 1.47. The molecule has 0 aliphatic carbocycles. The number of hydrogen-bond donors (Lipinski definition) is 2. The maximum Gasteiger partial charge on any atom is 0.246 e. The molecule has 1 saturated heterocycles. The molecule has 3 N–H and O–H groups in total. The van der Waals surface area contributed by atoms with Gasteiger partial charge < -0.3 is 25.4 Å². The summed E-state index contributed by atoms with van der Waals surface area (Å²) in [4.78, 5) is 28.6. The summed E-state index contributed by atoms with van der Waals surface area (Å²) in [6, 6.07) is 23.8. The molecule has 0 radical (unpaired) electrons. The molecule has 200 valence electrons. The Labute approximate surface area is 224 Å². The van der Waals surface area contributed by atoms with Crippen molar-refractivity contribution in [3.63, 3.8) is 0 Å². The molecule has 3 aromatic rings. The van der Waals surface area contributed by atoms with E-state index >= 15 is 0 Å². The topological polar surface area (TPSA) is 93.9 Å². The van der Waals surface area contributed by atoms with Crippen LogP contribution in [0, 0.1) is 0 Å². The Morgan fingerprint density at radius 2 is 1.50 bits per heavy atom. The summed E-state index contributed by atoms with van der Waals surface area (Å²) >= 11 is 0. The lowest BCUT2D eigenvalue weighted by molar-refractivity contribution is -0.150. The van der Waals surface area contributed by atoms with Gasteiger partial charge in [-0.15, -0.1) is 0 Å². The van der Waals surface area contributed by atoms with Crippen molar-refractivity contribution >= 4 is 11.8 Å². The highest BCUT2D eigenvalue weighted by Gasteiger charge is 2.40. The van der Waals surface area contributed by atoms with Gasteiger partial charge in [0.1, 0.15) is 29.3 Å². The first-order valence-electron chi connectivity index (χ1n) is 13.4. The van der Waals surface area contributed by atoms with Crippen molar-refractivity contribution in [1.29, 1.82) is 0 Å². The van der Waals surface area contributed by atoms with Crippen LogP contribution in [0.15, 0.2) is 78.9 Å². The molecular formula is C31H37N3O4. The van der Waals surface area contributed by atoms with Crippen molar-refractivity contribution in [2.24, 2.45) is 5.73 Å². The van der Waals surface area contributed by atoms with Crippen molar-refractivity contribution in [1.82, 2.24) is 10.2 Å². The Morgan fingerprint density at radius 1 is 0.842 bits per heavy atom. The van der Waals surface area contributed by atoms with Gasteiger partial charge in [-0.05, 0) is 79.8 Å². The number of rotatable bonds is 13. The van der Waals surface area contributed by atoms with Crippen LogP contribution in [0.25, 0.3) is 0 Å². The van der Waals surface area contributed by atoms with Crippen molar-refractivity contribution in [3.05, 3.63) is 90.0 Å². The van der Waals surface area contributed by atoms with Crippen LogP contribution in [0.5, 0.6) is 17.2 Å². The average Bonchev–Trinajstić information content (AvgIpc) is 2.94. The molecule has 1 aliphatic rings. The van der Waals surface area contributed by atoms with Crippen LogP contribution in [0.1, 0.15) is 43.7 Å². The van der Waals surface area contributed by atoms with Crippen molar-refractivity contribution in [2.45, 2.75) is 57.7 Å². The Bertz CT molecular complexity index is 1170. The van der Waals surface area contributed by atoms with Gasteiger partial charge in [0.05, 0.1) is 6.61 Å². The zero-order valence-corrected chi connectivity index (χ0v) is 22.0. The molecule has 3 aromatic carbocycles. The van der Waals surface area contributed by atoms with Gasteiger partial charge in [-0.2, -0.15) is 0 Å². The standard InChI is InChI=1S/C31H37N3O4/c1-2-20-37-25-15-11-23(12-16-25)21-28-31(36)34(29(30(35)33-28)10-6-7-19-32)22-24-13-17-27(18-14-24)38-26-8-4-3-5-9-26/h3-5,8-9,11-18,28-29H,2,6-7,10,19-22,32H2,1H3,(H,33,35). The van der Waals surface area contributed by atoms with Gasteiger partial charge in [-0.1, -0.05) is 49.4 Å². The monoisotopic (exact) mass is 515 g/mol. The number of unbranched alkanes of at least 4 members (excludes halogenated alkanes) is 1. The molecule has 38 heavy (non-hydrogen) atoms. The SMILES string of the molecule is CCCOc1ccc(CC2NC(=O)C(CCCCN)N(Cc3ccc(Oc4ccccc4)cc3)C2=O)cc1. The quantitative estimate of drug-likeness (QED) is 0.318. The summed E-state index contributed by atoms with van der Waals surface area (Å²) in [5, 5.41) is 2.98. The fraction of sp³-hybridized carbons (Fsp3) is 0.355. The van der Waals surface area contributed by atoms with Crippen molar-refractivity contribution in [2.75, 3.05) is 13.2 Å². The maximum atomic E-state index is 13.7. The van der Waals surface area contributed by atoms with Gasteiger partial charge >= 0.3 is 0 Å². The molecule has 0 saturated carbocycles. The predicted molar refractivity (Wildman–Crippen MR) is 148 cm³/mol. The number of nitrogens with two attached hydrogens (primary N) is 1. The van der Waals surface area contributed by atoms with Crippen LogP contribution in [0.2, 0.25) is 0 Å². The van der Waals surface area contributed by atoms with E-state index in [0.717, 1.165) is 41.9 Å². The minimum absolute atomic E-state index is 0.0710. The van der Waals surface area contributed by atoms with Crippen LogP contribution in [-0.4, -0.2) is 41.9 Å². The second kappa shape index (κ2) is 13.6. The largest absolute Gasteiger partial charge is 0.494 e. The van der Waals surface area contributed by atoms with E-state index in [2.05, 4.69) is 12.2 Å². The Morgan fingerprint density at radius 3 is 2.18 bits per heavy atom. The van der Waals surface area contributed by atoms with Crippen molar-refractivity contribution in [3.8, 4) is 17.2 Å². The number of piperazine rings is 1. The summed E-state index contributed by atoms with van der Waals surface area (Å²) in [5.41, 5.74) is 7.58. The predicted octanol–water partition coefficient (Wildman–Crippen LogP) is 4.84. The van der Waals surface area contributed by atoms with Crippen LogP contribution in [0.3, 0.4) is 0 Å². The number of benzene rings is 3. The fourth-order valence-electron chi connectivity index (χ4n) is 4.58. The van der Waals surface area contributed by atoms with Crippen LogP contribution >= 0.6 is 0 Å². The minimum atomic E-state index is -0.614. The van der Waals surface area contributed by atoms with Gasteiger partial charge in [-0.25, -0.2) is 0 Å². The third-order valence-electron chi connectivity index (χ3n) is 6.60. The second-order valence-electron chi connectivity index (χ2n) is 9.58. The summed E-state index contributed by atoms with van der Waals surface area (Å²) in [5.74, 6) is 2.09. The van der Waals surface area contributed by atoms with E-state index in [9.17, 15) is 9.59 Å². The highest BCUT2D eigenvalue weighted by atomic mass is 16.5. The first-order chi connectivity index (χ1) is 18.6. The smallest absolute Gasteiger partial charge is 0.246 e. The van der Waals surface area contributed by atoms with Gasteiger partial charge in [0.15, 0.2) is 0 Å². The van der Waals surface area contributed by atoms with E-state index in [0.29, 0.717) is 38.3 Å². The summed E-state index contributed by atoms with van der Waals surface area (Å²) in [6.07, 6.45) is 3.55. The molecule has 2 unspecified atom stereocenters. The molecule has 7 nitrogen and oxygen atoms in total. The molecule has 4 rings (SSSR count). The van der Waals surface area contributed by atoms with Gasteiger partial charge in [0.25, 0.3) is 0 Å². The van der Waals surface area contributed by atoms with Crippen LogP contribution in [-0.2, 0) is 22.6 Å². The molecule has 1 aliphatic heterocycles. The Kier molecular flexibility index (Phi) is 9.76. The summed E-state index contributed by atoms with van der Waals surface area (Å²) < 4.78 is 11.6. The summed E-state index contributed by atoms with van der Waals surface area (Å²) in [6.45, 7) is 3.64. The molecule has 2 amide bonds. The maximum absolute atomic E-state index is 13.7. The number of ether oxygens (including phenoxy) is 2. The molecule has 0 bridgehead atoms. The zero-order chi connectivity index (χ0) is 26.7. The highest BCUT2D eigenvalue weighted by molar-refractivity contribution is 5.97. The molecule has 2 atom stereocenters. The number of nitrogens with one attached hydrogen (secondary N) is 1. The molecule has 1 fully saturated rings. The van der Waals surface area contributed by atoms with Gasteiger partial charge in [0, 0.05) is 13.0 Å². The highest BCUT2D eigenvalue weighted by Crippen LogP contribution is 2.25. The number of nitrogens with zero attached hydrogens (tertiary/aromatic N) is 1. The molecule has 0 aromatic heterocycles. The number of para-hydroxylation sites is 1. The van der Waals surface area contributed by atoms with E-state index in [1.54, 1.807) is 4.90 Å². The van der Waals surface area contributed by atoms with Gasteiger partial charge in [-0.3, -0.25) is 9.59 Å². The lowest BCUT2D eigenvalue weighted by atomic mass is 9.97. The average molecular weight is 516 g/mol. The second-order valence-corrected chi connectivity index (χ2v) is 9.58. The lowest BCUT2D eigenvalue weighted by Crippen LogP contribution is -2.63. The Hall–Kier alpha value is -3.84. The molecule has 7 heteroatoms. The van der Waals surface area contributed by atoms with Crippen molar-refractivity contribution < 1.29 is 19.1 Å². The van der Waals surface area contributed by atoms with Gasteiger partial charge in [0.2, 0.25) is 11.8 Å². The van der Waals surface area contributed by atoms with E-state index in [1.807, 2.05) is 78.9 Å². The number of amides is 2. The summed E-state index contributed by atoms with van der Waals surface area (Å²) in [7, 11) is 0. The first kappa shape index (κ1) is 27.2. The number of carbonyl (C=O) groups is 2. The van der Waals surface area contributed by atoms with Crippen LogP contribution in [0.4, 0.5) is 0 Å². The van der Waals surface area contributed by atoms with E-state index in [4.69, 9.17) is 15.2 Å². The van der Waals surface area contributed by atoms with E-state index in [-0.39, 0.29) is 11.8 Å². The van der Waals surface area contributed by atoms with E-state index < -0.39 is 12.1 Å². The molecule has 0 spiro atoms. The third kappa shape index (κ3) is 7.35. The minimum Gasteiger partial charge on any atom is -0.494 e. The molecule has 1 heterocycles. The third-order valence-corrected chi connectivity index (χ3v) is 6.60. The first-order valence-corrected chi connectivity index (χ1v) is 13.4. The molecular weight excluding hydrogens is 478 g/mol. The van der Waals surface area contributed by atoms with E-state index in [1.165, 1.54) is 0 Å². The lowest BCUT2D eigenvalue weighted by Gasteiger charge is -2.39. The van der Waals surface area contributed by atoms with Crippen LogP contribution < -0.4 is 20.5 Å².